The summed E-state index contributed by atoms with van der Waals surface area (Å²) in [6.07, 6.45) is -1.10. The molecule has 2 aromatic rings. The third kappa shape index (κ3) is 1.86. The number of aromatic nitrogens is 3. The zero-order valence-corrected chi connectivity index (χ0v) is 12.2. The highest BCUT2D eigenvalue weighted by molar-refractivity contribution is 6.13. The largest absolute Gasteiger partial charge is 0.394 e. The molecule has 0 spiro atoms. The van der Waals surface area contributed by atoms with Gasteiger partial charge in [-0.15, -0.1) is 0 Å². The average Bonchev–Trinajstić information content (AvgIpc) is 3.05. The highest BCUT2D eigenvalue weighted by Crippen LogP contribution is 2.36. The first-order valence-corrected chi connectivity index (χ1v) is 7.09. The fraction of sp³-hybridized carbons (Fsp3) is 0.462. The number of anilines is 1. The molecule has 1 saturated heterocycles. The Bertz CT molecular complexity index is 805. The van der Waals surface area contributed by atoms with Crippen molar-refractivity contribution < 1.29 is 20.1 Å². The van der Waals surface area contributed by atoms with E-state index in [0.717, 1.165) is 0 Å². The van der Waals surface area contributed by atoms with E-state index in [2.05, 4.69) is 15.1 Å². The first-order chi connectivity index (χ1) is 11.0. The van der Waals surface area contributed by atoms with Crippen molar-refractivity contribution in [3.05, 3.63) is 18.1 Å². The molecular weight excluding hydrogens is 304 g/mol. The van der Waals surface area contributed by atoms with Crippen molar-refractivity contribution in [1.29, 1.82) is 0 Å². The van der Waals surface area contributed by atoms with Gasteiger partial charge in [0.1, 0.15) is 30.3 Å². The lowest BCUT2D eigenvalue weighted by atomic mass is 10.1. The van der Waals surface area contributed by atoms with Gasteiger partial charge < -0.3 is 30.4 Å². The van der Waals surface area contributed by atoms with Crippen molar-refractivity contribution in [2.75, 3.05) is 18.7 Å². The van der Waals surface area contributed by atoms with Crippen LogP contribution in [0.2, 0.25) is 0 Å². The van der Waals surface area contributed by atoms with Crippen LogP contribution in [-0.2, 0) is 4.74 Å². The van der Waals surface area contributed by atoms with Crippen LogP contribution < -0.4 is 10.7 Å². The van der Waals surface area contributed by atoms with Crippen LogP contribution in [-0.4, -0.2) is 67.7 Å². The topological polar surface area (TPSA) is 142 Å². The summed E-state index contributed by atoms with van der Waals surface area (Å²) in [6, 6.07) is 0. The Balaban J connectivity index is 1.89. The molecular formula is C13H16N6O4. The van der Waals surface area contributed by atoms with E-state index in [4.69, 9.17) is 10.5 Å². The molecule has 2 aliphatic heterocycles. The zero-order valence-electron chi connectivity index (χ0n) is 12.2. The number of rotatable bonds is 2. The van der Waals surface area contributed by atoms with Crippen molar-refractivity contribution in [3.8, 4) is 0 Å². The molecule has 0 radical (unpaired) electrons. The monoisotopic (exact) mass is 320 g/mol. The Hall–Kier alpha value is -2.27. The van der Waals surface area contributed by atoms with Gasteiger partial charge in [0.15, 0.2) is 17.9 Å². The normalized spacial score (nSPS) is 30.1. The Kier molecular flexibility index (Phi) is 3.03. The molecule has 122 valence electrons. The number of ether oxygens (including phenoxy) is 1. The van der Waals surface area contributed by atoms with E-state index in [9.17, 15) is 15.3 Å². The summed E-state index contributed by atoms with van der Waals surface area (Å²) in [7, 11) is 1.72. The highest BCUT2D eigenvalue weighted by Gasteiger charge is 2.44. The lowest BCUT2D eigenvalue weighted by molar-refractivity contribution is -0.0508. The molecule has 5 N–H and O–H groups in total. The van der Waals surface area contributed by atoms with E-state index in [1.807, 2.05) is 0 Å². The van der Waals surface area contributed by atoms with Crippen molar-refractivity contribution in [3.63, 3.8) is 0 Å². The minimum Gasteiger partial charge on any atom is -0.394 e. The Morgan fingerprint density at radius 3 is 2.78 bits per heavy atom. The molecule has 10 nitrogen and oxygen atoms in total. The lowest BCUT2D eigenvalue weighted by Gasteiger charge is -2.19. The lowest BCUT2D eigenvalue weighted by Crippen LogP contribution is -2.33. The van der Waals surface area contributed by atoms with Gasteiger partial charge in [-0.1, -0.05) is 0 Å². The first kappa shape index (κ1) is 14.3. The molecule has 0 bridgehead atoms. The second-order valence-corrected chi connectivity index (χ2v) is 5.58. The van der Waals surface area contributed by atoms with E-state index in [-0.39, 0.29) is 0 Å². The smallest absolute Gasteiger partial charge is 0.164 e. The van der Waals surface area contributed by atoms with Crippen LogP contribution in [0, 0.1) is 0 Å². The van der Waals surface area contributed by atoms with Crippen molar-refractivity contribution in [2.45, 2.75) is 24.5 Å². The molecule has 2 aliphatic rings. The van der Waals surface area contributed by atoms with Crippen LogP contribution in [0.4, 0.5) is 5.82 Å². The standard InChI is InChI=1S/C13H16N6O4/c1-18-11-7-5(10(14)17-18)2-19(12(7)16-4-15-11)13-9(22)8(21)6(3-20)23-13/h2,4,6,8-9,13,20-22H,3H2,1H3,(H2,14,17)/t6-,8-,9+,13-/m1/s1. The number of hydrogen-bond acceptors (Lipinski definition) is 9. The van der Waals surface area contributed by atoms with Crippen molar-refractivity contribution in [1.82, 2.24) is 14.5 Å². The average molecular weight is 320 g/mol. The fourth-order valence-electron chi connectivity index (χ4n) is 3.07. The van der Waals surface area contributed by atoms with Crippen LogP contribution in [0.15, 0.2) is 17.6 Å². The zero-order chi connectivity index (χ0) is 16.3. The molecule has 0 unspecified atom stereocenters. The number of hydrogen-bond donors (Lipinski definition) is 4. The number of aliphatic hydroxyl groups excluding tert-OH is 3. The van der Waals surface area contributed by atoms with E-state index in [1.54, 1.807) is 22.8 Å². The second kappa shape index (κ2) is 4.86. The highest BCUT2D eigenvalue weighted by atomic mass is 16.6. The summed E-state index contributed by atoms with van der Waals surface area (Å²) in [4.78, 5) is 8.45. The van der Waals surface area contributed by atoms with Gasteiger partial charge in [-0.05, 0) is 0 Å². The van der Waals surface area contributed by atoms with E-state index < -0.39 is 31.1 Å². The van der Waals surface area contributed by atoms with Crippen LogP contribution in [0.3, 0.4) is 0 Å². The van der Waals surface area contributed by atoms with Gasteiger partial charge in [-0.2, -0.15) is 5.10 Å². The molecule has 4 heterocycles. The van der Waals surface area contributed by atoms with Gasteiger partial charge in [0, 0.05) is 18.8 Å². The molecule has 10 heteroatoms. The maximum Gasteiger partial charge on any atom is 0.164 e. The number of hydrazone groups is 1. The Morgan fingerprint density at radius 1 is 1.30 bits per heavy atom. The van der Waals surface area contributed by atoms with Crippen LogP contribution in [0.25, 0.3) is 11.0 Å². The summed E-state index contributed by atoms with van der Waals surface area (Å²) >= 11 is 0. The molecule has 0 amide bonds. The molecule has 1 fully saturated rings. The van der Waals surface area contributed by atoms with Crippen molar-refractivity contribution in [2.24, 2.45) is 10.8 Å². The van der Waals surface area contributed by atoms with Gasteiger partial charge in [0.2, 0.25) is 0 Å². The Morgan fingerprint density at radius 2 is 2.09 bits per heavy atom. The molecule has 23 heavy (non-hydrogen) atoms. The molecule has 4 atom stereocenters. The SMILES string of the molecule is CN1N=C(N)c2cn([C@@H]3O[C@H](CO)[C@@H](O)[C@@H]3O)c3ncnc1c23. The maximum absolute atomic E-state index is 10.2. The van der Waals surface area contributed by atoms with E-state index in [1.165, 1.54) is 6.33 Å². The summed E-state index contributed by atoms with van der Waals surface area (Å²) < 4.78 is 7.15. The first-order valence-electron chi connectivity index (χ1n) is 7.09. The second-order valence-electron chi connectivity index (χ2n) is 5.58. The van der Waals surface area contributed by atoms with Gasteiger partial charge in [-0.3, -0.25) is 0 Å². The fourth-order valence-corrected chi connectivity index (χ4v) is 3.07. The van der Waals surface area contributed by atoms with Crippen LogP contribution >= 0.6 is 0 Å². The maximum atomic E-state index is 10.2. The van der Waals surface area contributed by atoms with E-state index in [0.29, 0.717) is 28.3 Å². The molecule has 0 aromatic carbocycles. The number of aliphatic hydroxyl groups is 3. The third-order valence-electron chi connectivity index (χ3n) is 4.22. The van der Waals surface area contributed by atoms with Crippen molar-refractivity contribution >= 4 is 22.7 Å². The minimum atomic E-state index is -1.20. The van der Waals surface area contributed by atoms with Crippen LogP contribution in [0.1, 0.15) is 11.8 Å². The summed E-state index contributed by atoms with van der Waals surface area (Å²) in [5.74, 6) is 0.884. The number of nitrogens with zero attached hydrogens (tertiary/aromatic N) is 5. The molecule has 4 rings (SSSR count). The third-order valence-corrected chi connectivity index (χ3v) is 4.22. The quantitative estimate of drug-likeness (QED) is 0.503. The van der Waals surface area contributed by atoms with Gasteiger partial charge >= 0.3 is 0 Å². The number of amidine groups is 1. The Labute approximate surface area is 130 Å². The van der Waals surface area contributed by atoms with Gasteiger partial charge in [0.25, 0.3) is 0 Å². The number of nitrogens with two attached hydrogens (primary N) is 1. The van der Waals surface area contributed by atoms with E-state index >= 15 is 0 Å². The van der Waals surface area contributed by atoms with Crippen LogP contribution in [0.5, 0.6) is 0 Å². The predicted molar refractivity (Wildman–Crippen MR) is 79.7 cm³/mol. The molecule has 0 saturated carbocycles. The minimum absolute atomic E-state index is 0.297. The molecule has 0 aliphatic carbocycles. The summed E-state index contributed by atoms with van der Waals surface area (Å²) in [5.41, 5.74) is 7.10. The summed E-state index contributed by atoms with van der Waals surface area (Å²) in [6.45, 7) is -0.395. The predicted octanol–water partition coefficient (Wildman–Crippen LogP) is -1.89. The summed E-state index contributed by atoms with van der Waals surface area (Å²) in [5, 5.41) is 35.9. The molecule has 2 aromatic heterocycles. The van der Waals surface area contributed by atoms with Gasteiger partial charge in [-0.25, -0.2) is 15.0 Å². The van der Waals surface area contributed by atoms with Gasteiger partial charge in [0.05, 0.1) is 12.0 Å².